The van der Waals surface area contributed by atoms with Crippen molar-refractivity contribution in [3.63, 3.8) is 0 Å². The number of amides is 2. The number of rotatable bonds is 18. The van der Waals surface area contributed by atoms with Gasteiger partial charge < -0.3 is 33.9 Å². The van der Waals surface area contributed by atoms with Crippen molar-refractivity contribution in [2.45, 2.75) is 147 Å². The zero-order valence-corrected chi connectivity index (χ0v) is 33.4. The van der Waals surface area contributed by atoms with Crippen LogP contribution >= 0.6 is 22.6 Å². The summed E-state index contributed by atoms with van der Waals surface area (Å²) in [7, 11) is 1.75. The van der Waals surface area contributed by atoms with Gasteiger partial charge in [-0.15, -0.1) is 0 Å². The third-order valence-electron chi connectivity index (χ3n) is 9.45. The van der Waals surface area contributed by atoms with Crippen LogP contribution in [0.25, 0.3) is 0 Å². The summed E-state index contributed by atoms with van der Waals surface area (Å²) in [5.41, 5.74) is 0.944. The number of nitrogens with zero attached hydrogens (tertiary/aromatic N) is 1. The Hall–Kier alpha value is -1.21. The Bertz CT molecular complexity index is 986. The Kier molecular flexibility index (Phi) is 20.9. The molecule has 0 spiro atoms. The van der Waals surface area contributed by atoms with Crippen LogP contribution in [0.15, 0.2) is 23.8 Å². The number of ether oxygens (including phenoxy) is 5. The molecule has 2 aliphatic heterocycles. The molecule has 48 heavy (non-hydrogen) atoms. The Balaban J connectivity index is 1.66. The monoisotopic (exact) mass is 790 g/mol. The number of hydrogen-bond donors (Lipinski definition) is 1. The highest BCUT2D eigenvalue weighted by Crippen LogP contribution is 2.30. The second-order valence-corrected chi connectivity index (χ2v) is 16.2. The molecule has 2 heterocycles. The zero-order valence-electron chi connectivity index (χ0n) is 31.3. The topological polar surface area (TPSA) is 95.6 Å². The van der Waals surface area contributed by atoms with Crippen molar-refractivity contribution in [1.82, 2.24) is 10.2 Å². The fourth-order valence-electron chi connectivity index (χ4n) is 6.84. The minimum Gasteiger partial charge on any atom is -0.447 e. The maximum absolute atomic E-state index is 12.5. The summed E-state index contributed by atoms with van der Waals surface area (Å²) in [6.07, 6.45) is 16.1. The molecule has 2 aliphatic rings. The highest BCUT2D eigenvalue weighted by atomic mass is 127. The molecule has 7 atom stereocenters. The van der Waals surface area contributed by atoms with Crippen molar-refractivity contribution >= 4 is 34.6 Å². The second kappa shape index (κ2) is 23.3. The van der Waals surface area contributed by atoms with Crippen molar-refractivity contribution < 1.29 is 33.3 Å². The molecule has 2 amide bonds. The largest absolute Gasteiger partial charge is 0.447 e. The number of methoxy groups -OCH3 is 1. The number of allylic oxidation sites excluding steroid dienone is 3. The molecule has 0 aromatic carbocycles. The third-order valence-corrected chi connectivity index (χ3v) is 10.7. The standard InChI is InChI=1S/C38H67IN2O7/c1-9-34(44-8)31(5)48-38(6,7)26-28(2)14-12-15-29(3)36-30(4)18-19-33(47-36)27-40-35(42)20-23-45-24-25-46-37(43)41-21-11-10-16-32(39)17-13-22-41/h12,14-15,28,30-34,36H,9-11,13,16-27H2,1-8H3,(H,40,42)/b14-12+,29-15+/t28-,30+,31-,32?,33-,34+,36-/m1/s1. The fraction of sp³-hybridized carbons (Fsp3) is 0.842. The van der Waals surface area contributed by atoms with Crippen molar-refractivity contribution in [1.29, 1.82) is 0 Å². The van der Waals surface area contributed by atoms with Gasteiger partial charge in [0, 0.05) is 37.1 Å². The first kappa shape index (κ1) is 43.0. The summed E-state index contributed by atoms with van der Waals surface area (Å²) < 4.78 is 30.1. The Morgan fingerprint density at radius 1 is 1.06 bits per heavy atom. The van der Waals surface area contributed by atoms with Gasteiger partial charge in [-0.2, -0.15) is 0 Å². The second-order valence-electron chi connectivity index (χ2n) is 14.5. The first-order chi connectivity index (χ1) is 22.8. The summed E-state index contributed by atoms with van der Waals surface area (Å²) >= 11 is 2.52. The van der Waals surface area contributed by atoms with Gasteiger partial charge in [0.2, 0.25) is 5.91 Å². The average molecular weight is 791 g/mol. The van der Waals surface area contributed by atoms with Gasteiger partial charge in [-0.25, -0.2) is 4.79 Å². The van der Waals surface area contributed by atoms with Gasteiger partial charge in [-0.05, 0) is 96.5 Å². The van der Waals surface area contributed by atoms with E-state index < -0.39 is 0 Å². The Morgan fingerprint density at radius 2 is 1.79 bits per heavy atom. The van der Waals surface area contributed by atoms with Crippen molar-refractivity contribution in [2.75, 3.05) is 46.6 Å². The molecule has 1 unspecified atom stereocenters. The highest BCUT2D eigenvalue weighted by Gasteiger charge is 2.30. The predicted molar refractivity (Wildman–Crippen MR) is 202 cm³/mol. The van der Waals surface area contributed by atoms with Crippen LogP contribution < -0.4 is 5.32 Å². The van der Waals surface area contributed by atoms with Crippen molar-refractivity contribution in [2.24, 2.45) is 11.8 Å². The first-order valence-electron chi connectivity index (χ1n) is 18.5. The lowest BCUT2D eigenvalue weighted by Crippen LogP contribution is -2.41. The molecular weight excluding hydrogens is 723 g/mol. The third kappa shape index (κ3) is 17.1. The molecule has 9 nitrogen and oxygen atoms in total. The molecule has 0 aliphatic carbocycles. The van der Waals surface area contributed by atoms with Gasteiger partial charge in [0.15, 0.2) is 0 Å². The van der Waals surface area contributed by atoms with Crippen LogP contribution in [0.1, 0.15) is 113 Å². The van der Waals surface area contributed by atoms with E-state index in [1.807, 2.05) is 4.90 Å². The van der Waals surface area contributed by atoms with Gasteiger partial charge in [-0.3, -0.25) is 4.79 Å². The van der Waals surface area contributed by atoms with Gasteiger partial charge in [-0.1, -0.05) is 68.0 Å². The number of alkyl halides is 1. The molecule has 2 rings (SSSR count). The summed E-state index contributed by atoms with van der Waals surface area (Å²) in [5.74, 6) is 0.709. The number of hydrogen-bond acceptors (Lipinski definition) is 7. The van der Waals surface area contributed by atoms with Gasteiger partial charge in [0.05, 0.1) is 43.2 Å². The lowest BCUT2D eigenvalue weighted by molar-refractivity contribution is -0.125. The molecule has 0 saturated carbocycles. The van der Waals surface area contributed by atoms with Crippen LogP contribution in [-0.2, 0) is 28.5 Å². The van der Waals surface area contributed by atoms with Crippen LogP contribution in [0.5, 0.6) is 0 Å². The van der Waals surface area contributed by atoms with E-state index in [1.54, 1.807) is 7.11 Å². The Morgan fingerprint density at radius 3 is 2.52 bits per heavy atom. The molecule has 2 saturated heterocycles. The van der Waals surface area contributed by atoms with Gasteiger partial charge in [0.1, 0.15) is 6.61 Å². The number of carbonyl (C=O) groups is 2. The van der Waals surface area contributed by atoms with Crippen LogP contribution in [0.3, 0.4) is 0 Å². The minimum atomic E-state index is -0.262. The van der Waals surface area contributed by atoms with Crippen molar-refractivity contribution in [3.8, 4) is 0 Å². The normalized spacial score (nSPS) is 25.1. The molecule has 0 aromatic rings. The molecule has 10 heteroatoms. The van der Waals surface area contributed by atoms with E-state index in [0.29, 0.717) is 22.3 Å². The minimum absolute atomic E-state index is 0.0175. The lowest BCUT2D eigenvalue weighted by atomic mass is 9.89. The van der Waals surface area contributed by atoms with E-state index in [9.17, 15) is 9.59 Å². The van der Waals surface area contributed by atoms with E-state index in [2.05, 4.69) is 94.6 Å². The maximum atomic E-state index is 12.5. The van der Waals surface area contributed by atoms with Gasteiger partial charge >= 0.3 is 6.09 Å². The predicted octanol–water partition coefficient (Wildman–Crippen LogP) is 8.04. The van der Waals surface area contributed by atoms with Crippen LogP contribution in [0, 0.1) is 11.8 Å². The van der Waals surface area contributed by atoms with E-state index in [1.165, 1.54) is 12.0 Å². The molecule has 0 bridgehead atoms. The van der Waals surface area contributed by atoms with Crippen molar-refractivity contribution in [3.05, 3.63) is 23.8 Å². The molecule has 1 N–H and O–H groups in total. The van der Waals surface area contributed by atoms with E-state index in [4.69, 9.17) is 23.7 Å². The average Bonchev–Trinajstić information content (AvgIpc) is 3.13. The summed E-state index contributed by atoms with van der Waals surface area (Å²) in [5, 5.41) is 3.02. The maximum Gasteiger partial charge on any atom is 0.409 e. The van der Waals surface area contributed by atoms with Crippen LogP contribution in [0.4, 0.5) is 4.79 Å². The van der Waals surface area contributed by atoms with Crippen LogP contribution in [-0.4, -0.2) is 97.4 Å². The summed E-state index contributed by atoms with van der Waals surface area (Å²) in [6.45, 7) is 17.9. The summed E-state index contributed by atoms with van der Waals surface area (Å²) in [4.78, 5) is 26.8. The molecule has 0 aromatic heterocycles. The van der Waals surface area contributed by atoms with Gasteiger partial charge in [0.25, 0.3) is 0 Å². The molecular formula is C38H67IN2O7. The lowest BCUT2D eigenvalue weighted by Gasteiger charge is -2.35. The number of nitrogens with one attached hydrogen (secondary N) is 1. The highest BCUT2D eigenvalue weighted by molar-refractivity contribution is 14.1. The summed E-state index contributed by atoms with van der Waals surface area (Å²) in [6, 6.07) is 0. The Labute approximate surface area is 305 Å². The van der Waals surface area contributed by atoms with E-state index in [0.717, 1.165) is 64.5 Å². The van der Waals surface area contributed by atoms with E-state index in [-0.39, 0.29) is 68.3 Å². The number of carbonyl (C=O) groups excluding carboxylic acids is 2. The zero-order chi connectivity index (χ0) is 35.5. The molecule has 2 fully saturated rings. The quantitative estimate of drug-likeness (QED) is 0.0651. The van der Waals surface area contributed by atoms with E-state index >= 15 is 0 Å². The van der Waals surface area contributed by atoms with Crippen LogP contribution in [0.2, 0.25) is 0 Å². The fourth-order valence-corrected chi connectivity index (χ4v) is 7.72. The smallest absolute Gasteiger partial charge is 0.409 e. The first-order valence-corrected chi connectivity index (χ1v) is 19.7. The molecule has 278 valence electrons. The molecule has 0 radical (unpaired) electrons. The number of halogens is 1. The SMILES string of the molecule is CC[C@H](OC)[C@@H](C)OC(C)(C)C[C@H](C)/C=C/C=C(\C)[C@H]1O[C@@H](CNC(=O)CCOCCOC(=O)N2CCCCC(I)CCC2)CC[C@@H]1C.